The molecule has 0 aliphatic carbocycles. The van der Waals surface area contributed by atoms with Gasteiger partial charge in [-0.15, -0.1) is 0 Å². The Morgan fingerprint density at radius 3 is 2.44 bits per heavy atom. The van der Waals surface area contributed by atoms with E-state index in [-0.39, 0.29) is 13.0 Å². The van der Waals surface area contributed by atoms with Crippen molar-refractivity contribution < 1.29 is 24.3 Å². The third-order valence-corrected chi connectivity index (χ3v) is 2.10. The van der Waals surface area contributed by atoms with Crippen LogP contribution in [0.5, 0.6) is 0 Å². The molecule has 0 rings (SSSR count). The Hall–Kier alpha value is -1.36. The molecule has 0 radical (unpaired) electrons. The summed E-state index contributed by atoms with van der Waals surface area (Å²) in [7, 11) is 3.31. The average Bonchev–Trinajstić information content (AvgIpc) is 2.20. The highest BCUT2D eigenvalue weighted by Gasteiger charge is 2.21. The highest BCUT2D eigenvalue weighted by atomic mass is 16.5. The van der Waals surface area contributed by atoms with Crippen LogP contribution in [0.25, 0.3) is 0 Å². The average molecular weight is 229 g/mol. The molecule has 0 spiro atoms. The molecule has 0 saturated carbocycles. The van der Waals surface area contributed by atoms with Gasteiger partial charge >= 0.3 is 5.97 Å². The summed E-state index contributed by atoms with van der Waals surface area (Å²) >= 11 is 0. The number of carbonyl (C=O) groups is 2. The number of likely N-dealkylation sites (N-methyl/N-ethyl adjacent to an activating group) is 1. The van der Waals surface area contributed by atoms with E-state index in [1.54, 1.807) is 20.2 Å². The summed E-state index contributed by atoms with van der Waals surface area (Å²) in [4.78, 5) is 22.6. The van der Waals surface area contributed by atoms with Gasteiger partial charge in [0.15, 0.2) is 0 Å². The molecule has 0 aromatic heterocycles. The van der Waals surface area contributed by atoms with Gasteiger partial charge in [-0.25, -0.2) is 0 Å². The van der Waals surface area contributed by atoms with Crippen LogP contribution in [0.3, 0.4) is 0 Å². The number of carbonyl (C=O) groups excluding carboxylic acids is 2. The third-order valence-electron chi connectivity index (χ3n) is 2.10. The number of hydrogen-bond donors (Lipinski definition) is 1. The minimum Gasteiger partial charge on any atom is -0.544 e. The Morgan fingerprint density at radius 2 is 2.00 bits per heavy atom. The molecule has 0 aromatic rings. The van der Waals surface area contributed by atoms with Gasteiger partial charge in [0.25, 0.3) is 0 Å². The number of hydrogen-bond acceptors (Lipinski definition) is 4. The van der Waals surface area contributed by atoms with E-state index in [2.05, 4.69) is 0 Å². The summed E-state index contributed by atoms with van der Waals surface area (Å²) < 4.78 is 4.84. The zero-order chi connectivity index (χ0) is 12.6. The van der Waals surface area contributed by atoms with Crippen LogP contribution >= 0.6 is 0 Å². The first kappa shape index (κ1) is 14.6. The molecule has 0 bridgehead atoms. The normalized spacial score (nSPS) is 13.0. The van der Waals surface area contributed by atoms with Crippen LogP contribution in [0.1, 0.15) is 19.8 Å². The van der Waals surface area contributed by atoms with Gasteiger partial charge < -0.3 is 19.5 Å². The van der Waals surface area contributed by atoms with E-state index in [0.717, 1.165) is 6.42 Å². The first-order valence-corrected chi connectivity index (χ1v) is 5.30. The van der Waals surface area contributed by atoms with E-state index in [4.69, 9.17) is 4.74 Å². The number of carboxylic acid groups (broad SMARTS) is 1. The third kappa shape index (κ3) is 6.19. The minimum atomic E-state index is -1.24. The lowest BCUT2D eigenvalue weighted by Crippen LogP contribution is -3.12. The summed E-state index contributed by atoms with van der Waals surface area (Å²) in [5, 5.41) is 10.7. The van der Waals surface area contributed by atoms with Crippen molar-refractivity contribution in [3.8, 4) is 0 Å². The van der Waals surface area contributed by atoms with E-state index in [1.165, 1.54) is 0 Å². The second-order valence-corrected chi connectivity index (χ2v) is 3.72. The van der Waals surface area contributed by atoms with Gasteiger partial charge in [-0.05, 0) is 6.42 Å². The molecule has 0 aromatic carbocycles. The number of rotatable bonds is 7. The second kappa shape index (κ2) is 7.87. The van der Waals surface area contributed by atoms with E-state index >= 15 is 0 Å². The van der Waals surface area contributed by atoms with E-state index in [9.17, 15) is 14.7 Å². The van der Waals surface area contributed by atoms with Crippen LogP contribution in [0.15, 0.2) is 12.2 Å². The first-order chi connectivity index (χ1) is 7.49. The summed E-state index contributed by atoms with van der Waals surface area (Å²) in [5.41, 5.74) is 0. The van der Waals surface area contributed by atoms with Crippen molar-refractivity contribution >= 4 is 11.9 Å². The molecule has 5 heteroatoms. The Labute approximate surface area is 95.7 Å². The van der Waals surface area contributed by atoms with Crippen molar-refractivity contribution in [3.63, 3.8) is 0 Å². The summed E-state index contributed by atoms with van der Waals surface area (Å²) in [6, 6.07) is -0.859. The smallest absolute Gasteiger partial charge is 0.312 e. The van der Waals surface area contributed by atoms with E-state index in [0.29, 0.717) is 4.90 Å². The number of carboxylic acids is 1. The number of ether oxygens (including phenoxy) is 1. The monoisotopic (exact) mass is 229 g/mol. The number of quaternary nitrogens is 1. The molecule has 0 saturated heterocycles. The molecule has 0 amide bonds. The number of aliphatic carboxylic acids is 1. The van der Waals surface area contributed by atoms with Crippen LogP contribution in [0.4, 0.5) is 0 Å². The topological polar surface area (TPSA) is 70.9 Å². The van der Waals surface area contributed by atoms with Gasteiger partial charge in [0.1, 0.15) is 19.1 Å². The maximum absolute atomic E-state index is 11.3. The molecule has 0 aliphatic rings. The molecular formula is C11H19NO4. The summed E-state index contributed by atoms with van der Waals surface area (Å²) in [6.45, 7) is 2.16. The van der Waals surface area contributed by atoms with Crippen molar-refractivity contribution in [2.45, 2.75) is 25.8 Å². The Morgan fingerprint density at radius 1 is 1.38 bits per heavy atom. The lowest BCUT2D eigenvalue weighted by atomic mass is 10.2. The Balaban J connectivity index is 4.01. The quantitative estimate of drug-likeness (QED) is 0.411. The maximum atomic E-state index is 11.3. The van der Waals surface area contributed by atoms with Crippen LogP contribution < -0.4 is 10.0 Å². The summed E-state index contributed by atoms with van der Waals surface area (Å²) in [6.07, 6.45) is 4.32. The Bertz CT molecular complexity index is 261. The highest BCUT2D eigenvalue weighted by Crippen LogP contribution is 1.92. The van der Waals surface area contributed by atoms with Crippen molar-refractivity contribution in [2.75, 3.05) is 20.7 Å². The predicted molar refractivity (Wildman–Crippen MR) is 56.6 cm³/mol. The molecular weight excluding hydrogens is 210 g/mol. The predicted octanol–water partition coefficient (Wildman–Crippen LogP) is -1.85. The largest absolute Gasteiger partial charge is 0.544 e. The van der Waals surface area contributed by atoms with Gasteiger partial charge in [0.05, 0.1) is 20.1 Å². The van der Waals surface area contributed by atoms with Crippen LogP contribution in [0.2, 0.25) is 0 Å². The van der Waals surface area contributed by atoms with Gasteiger partial charge in [0, 0.05) is 0 Å². The van der Waals surface area contributed by atoms with Crippen LogP contribution in [-0.2, 0) is 14.3 Å². The van der Waals surface area contributed by atoms with Crippen molar-refractivity contribution in [1.29, 1.82) is 0 Å². The molecule has 0 heterocycles. The zero-order valence-corrected chi connectivity index (χ0v) is 9.99. The SMILES string of the molecule is CC/C=C/COC(=O)CC(C(=O)[O-])[NH+](C)C. The van der Waals surface area contributed by atoms with Gasteiger partial charge in [-0.1, -0.05) is 19.1 Å². The first-order valence-electron chi connectivity index (χ1n) is 5.30. The van der Waals surface area contributed by atoms with Gasteiger partial charge in [0.2, 0.25) is 0 Å². The van der Waals surface area contributed by atoms with Crippen molar-refractivity contribution in [1.82, 2.24) is 0 Å². The molecule has 92 valence electrons. The highest BCUT2D eigenvalue weighted by molar-refractivity contribution is 5.79. The number of esters is 1. The fourth-order valence-electron chi connectivity index (χ4n) is 1.12. The molecule has 1 N–H and O–H groups in total. The lowest BCUT2D eigenvalue weighted by molar-refractivity contribution is -0.878. The van der Waals surface area contributed by atoms with Crippen molar-refractivity contribution in [3.05, 3.63) is 12.2 Å². The molecule has 16 heavy (non-hydrogen) atoms. The molecule has 1 unspecified atom stereocenters. The minimum absolute atomic E-state index is 0.162. The standard InChI is InChI=1S/C11H19NO4/c1-4-5-6-7-16-10(13)8-9(11(14)15)12(2)3/h5-6,9H,4,7-8H2,1-3H3,(H,14,15)/b6-5+. The summed E-state index contributed by atoms with van der Waals surface area (Å²) in [5.74, 6) is -1.75. The zero-order valence-electron chi connectivity index (χ0n) is 9.99. The molecule has 0 aliphatic heterocycles. The van der Waals surface area contributed by atoms with Crippen molar-refractivity contribution in [2.24, 2.45) is 0 Å². The number of nitrogens with one attached hydrogen (secondary N) is 1. The van der Waals surface area contributed by atoms with Crippen LogP contribution in [-0.4, -0.2) is 38.7 Å². The maximum Gasteiger partial charge on any atom is 0.312 e. The second-order valence-electron chi connectivity index (χ2n) is 3.72. The lowest BCUT2D eigenvalue weighted by Gasteiger charge is -2.20. The van der Waals surface area contributed by atoms with E-state index in [1.807, 2.05) is 13.0 Å². The Kier molecular flexibility index (Phi) is 7.20. The fourth-order valence-corrected chi connectivity index (χ4v) is 1.12. The van der Waals surface area contributed by atoms with Gasteiger partial charge in [-0.2, -0.15) is 0 Å². The molecule has 5 nitrogen and oxygen atoms in total. The van der Waals surface area contributed by atoms with E-state index < -0.39 is 18.0 Å². The number of allylic oxidation sites excluding steroid dienone is 1. The fraction of sp³-hybridized carbons (Fsp3) is 0.636. The van der Waals surface area contributed by atoms with Crippen LogP contribution in [0, 0.1) is 0 Å². The molecule has 1 atom stereocenters. The molecule has 0 fully saturated rings. The van der Waals surface area contributed by atoms with Gasteiger partial charge in [-0.3, -0.25) is 4.79 Å².